The molecule has 0 aromatic carbocycles. The van der Waals surface area contributed by atoms with E-state index in [1.165, 1.54) is 6.20 Å². The van der Waals surface area contributed by atoms with E-state index in [2.05, 4.69) is 32.1 Å². The van der Waals surface area contributed by atoms with Gasteiger partial charge in [-0.05, 0) is 24.6 Å². The van der Waals surface area contributed by atoms with Gasteiger partial charge in [0.1, 0.15) is 5.69 Å². The number of hydrogen-bond donors (Lipinski definition) is 1. The van der Waals surface area contributed by atoms with Crippen molar-refractivity contribution in [1.82, 2.24) is 25.2 Å². The number of nitrogens with zero attached hydrogens (tertiary/aromatic N) is 5. The van der Waals surface area contributed by atoms with E-state index in [9.17, 15) is 9.59 Å². The molecule has 28 heavy (non-hydrogen) atoms. The first-order valence-corrected chi connectivity index (χ1v) is 9.74. The molecule has 0 bridgehead atoms. The molecule has 1 fully saturated rings. The molecule has 1 saturated heterocycles. The van der Waals surface area contributed by atoms with E-state index in [0.29, 0.717) is 44.2 Å². The van der Waals surface area contributed by atoms with Crippen LogP contribution in [0.2, 0.25) is 0 Å². The van der Waals surface area contributed by atoms with Crippen molar-refractivity contribution in [1.29, 1.82) is 0 Å². The van der Waals surface area contributed by atoms with Gasteiger partial charge < -0.3 is 15.1 Å². The average molecular weight is 382 g/mol. The smallest absolute Gasteiger partial charge is 0.269 e. The van der Waals surface area contributed by atoms with Gasteiger partial charge in [-0.25, -0.2) is 9.97 Å². The number of pyridine rings is 1. The van der Waals surface area contributed by atoms with Crippen LogP contribution in [0.25, 0.3) is 0 Å². The minimum Gasteiger partial charge on any atom is -0.351 e. The van der Waals surface area contributed by atoms with Crippen LogP contribution in [0.15, 0.2) is 36.8 Å². The van der Waals surface area contributed by atoms with Gasteiger partial charge in [-0.3, -0.25) is 14.6 Å². The zero-order chi connectivity index (χ0) is 19.8. The van der Waals surface area contributed by atoms with Gasteiger partial charge in [0.15, 0.2) is 0 Å². The van der Waals surface area contributed by atoms with E-state index in [0.717, 1.165) is 19.3 Å². The van der Waals surface area contributed by atoms with Gasteiger partial charge in [0, 0.05) is 56.9 Å². The summed E-state index contributed by atoms with van der Waals surface area (Å²) in [7, 11) is 0. The molecule has 0 atom stereocenters. The lowest BCUT2D eigenvalue weighted by Crippen LogP contribution is -2.49. The second-order valence-corrected chi connectivity index (χ2v) is 6.72. The summed E-state index contributed by atoms with van der Waals surface area (Å²) in [5, 5.41) is 2.86. The van der Waals surface area contributed by atoms with Crippen molar-refractivity contribution in [3.05, 3.63) is 48.0 Å². The lowest BCUT2D eigenvalue weighted by molar-refractivity contribution is 0.0746. The van der Waals surface area contributed by atoms with Crippen LogP contribution in [0, 0.1) is 0 Å². The monoisotopic (exact) mass is 382 g/mol. The van der Waals surface area contributed by atoms with E-state index in [1.54, 1.807) is 35.5 Å². The summed E-state index contributed by atoms with van der Waals surface area (Å²) in [4.78, 5) is 41.5. The highest BCUT2D eigenvalue weighted by Gasteiger charge is 2.24. The van der Waals surface area contributed by atoms with Gasteiger partial charge in [0.05, 0.1) is 0 Å². The maximum absolute atomic E-state index is 12.8. The number of hydrogen-bond acceptors (Lipinski definition) is 6. The summed E-state index contributed by atoms with van der Waals surface area (Å²) in [6.45, 7) is 5.24. The second-order valence-electron chi connectivity index (χ2n) is 6.72. The molecule has 1 aliphatic rings. The Balaban J connectivity index is 1.57. The van der Waals surface area contributed by atoms with Crippen molar-refractivity contribution in [3.63, 3.8) is 0 Å². The molecule has 0 radical (unpaired) electrons. The first-order chi connectivity index (χ1) is 13.7. The van der Waals surface area contributed by atoms with Crippen LogP contribution < -0.4 is 10.2 Å². The third-order valence-corrected chi connectivity index (χ3v) is 4.71. The average Bonchev–Trinajstić information content (AvgIpc) is 2.77. The molecule has 2 amide bonds. The first-order valence-electron chi connectivity index (χ1n) is 9.74. The number of carbonyl (C=O) groups excluding carboxylic acids is 2. The van der Waals surface area contributed by atoms with E-state index in [1.807, 2.05) is 0 Å². The van der Waals surface area contributed by atoms with Crippen molar-refractivity contribution in [2.24, 2.45) is 0 Å². The van der Waals surface area contributed by atoms with Crippen LogP contribution in [0.5, 0.6) is 0 Å². The third kappa shape index (κ3) is 5.03. The minimum absolute atomic E-state index is 0.0870. The summed E-state index contributed by atoms with van der Waals surface area (Å²) in [6, 6.07) is 5.01. The molecular formula is C20H26N6O2. The number of piperazine rings is 1. The number of anilines is 1. The molecule has 2 aromatic rings. The summed E-state index contributed by atoms with van der Waals surface area (Å²) in [5.74, 6) is 0.355. The van der Waals surface area contributed by atoms with Crippen molar-refractivity contribution in [2.75, 3.05) is 37.6 Å². The Morgan fingerprint density at radius 3 is 2.50 bits per heavy atom. The van der Waals surface area contributed by atoms with Crippen LogP contribution in [0.4, 0.5) is 5.95 Å². The molecule has 148 valence electrons. The van der Waals surface area contributed by atoms with Gasteiger partial charge in [0.25, 0.3) is 11.8 Å². The summed E-state index contributed by atoms with van der Waals surface area (Å²) >= 11 is 0. The maximum Gasteiger partial charge on any atom is 0.269 e. The van der Waals surface area contributed by atoms with E-state index in [4.69, 9.17) is 0 Å². The molecule has 8 nitrogen and oxygen atoms in total. The zero-order valence-corrected chi connectivity index (χ0v) is 16.2. The molecule has 3 rings (SSSR count). The van der Waals surface area contributed by atoms with Gasteiger partial charge in [0.2, 0.25) is 5.95 Å². The Hall–Kier alpha value is -3.03. The predicted molar refractivity (Wildman–Crippen MR) is 106 cm³/mol. The zero-order valence-electron chi connectivity index (χ0n) is 16.2. The Morgan fingerprint density at radius 2 is 1.79 bits per heavy atom. The van der Waals surface area contributed by atoms with Gasteiger partial charge >= 0.3 is 0 Å². The van der Waals surface area contributed by atoms with E-state index < -0.39 is 0 Å². The highest BCUT2D eigenvalue weighted by Crippen LogP contribution is 2.13. The lowest BCUT2D eigenvalue weighted by atomic mass is 10.1. The number of unbranched alkanes of at least 4 members (excludes halogenated alkanes) is 2. The Morgan fingerprint density at radius 1 is 1.04 bits per heavy atom. The molecule has 1 aliphatic heterocycles. The lowest BCUT2D eigenvalue weighted by Gasteiger charge is -2.34. The minimum atomic E-state index is -0.239. The van der Waals surface area contributed by atoms with E-state index in [-0.39, 0.29) is 17.5 Å². The number of aromatic nitrogens is 3. The Labute approximate surface area is 165 Å². The fourth-order valence-electron chi connectivity index (χ4n) is 3.10. The maximum atomic E-state index is 12.8. The van der Waals surface area contributed by atoms with Gasteiger partial charge in [-0.15, -0.1) is 0 Å². The van der Waals surface area contributed by atoms with Crippen LogP contribution in [-0.2, 0) is 0 Å². The highest BCUT2D eigenvalue weighted by molar-refractivity contribution is 5.98. The van der Waals surface area contributed by atoms with Crippen molar-refractivity contribution >= 4 is 17.8 Å². The topological polar surface area (TPSA) is 91.3 Å². The predicted octanol–water partition coefficient (Wildman–Crippen LogP) is 1.75. The molecule has 8 heteroatoms. The largest absolute Gasteiger partial charge is 0.351 e. The van der Waals surface area contributed by atoms with Gasteiger partial charge in [-0.1, -0.05) is 19.8 Å². The van der Waals surface area contributed by atoms with Crippen LogP contribution >= 0.6 is 0 Å². The number of nitrogens with one attached hydrogen (secondary N) is 1. The number of rotatable bonds is 7. The van der Waals surface area contributed by atoms with Crippen LogP contribution in [0.1, 0.15) is 47.0 Å². The van der Waals surface area contributed by atoms with Crippen molar-refractivity contribution in [2.45, 2.75) is 26.2 Å². The van der Waals surface area contributed by atoms with Crippen molar-refractivity contribution in [3.8, 4) is 0 Å². The second kappa shape index (κ2) is 9.77. The quantitative estimate of drug-likeness (QED) is 0.734. The molecular weight excluding hydrogens is 356 g/mol. The fourth-order valence-corrected chi connectivity index (χ4v) is 3.10. The summed E-state index contributed by atoms with van der Waals surface area (Å²) < 4.78 is 0. The first kappa shape index (κ1) is 19.7. The molecule has 3 heterocycles. The van der Waals surface area contributed by atoms with Crippen LogP contribution in [-0.4, -0.2) is 64.4 Å². The molecule has 1 N–H and O–H groups in total. The van der Waals surface area contributed by atoms with E-state index >= 15 is 0 Å². The number of carbonyl (C=O) groups is 2. The third-order valence-electron chi connectivity index (χ3n) is 4.71. The fraction of sp³-hybridized carbons (Fsp3) is 0.450. The van der Waals surface area contributed by atoms with Crippen LogP contribution in [0.3, 0.4) is 0 Å². The molecule has 2 aromatic heterocycles. The molecule has 0 aliphatic carbocycles. The Kier molecular flexibility index (Phi) is 6.89. The normalized spacial score (nSPS) is 14.0. The van der Waals surface area contributed by atoms with Crippen molar-refractivity contribution < 1.29 is 9.59 Å². The SMILES string of the molecule is CCCCCNC(=O)c1cc(C(=O)N2CCN(c3ncccn3)CC2)ccn1. The summed E-state index contributed by atoms with van der Waals surface area (Å²) in [6.07, 6.45) is 8.06. The highest BCUT2D eigenvalue weighted by atomic mass is 16.2. The molecule has 0 spiro atoms. The molecule has 0 unspecified atom stereocenters. The standard InChI is InChI=1S/C20H26N6O2/c1-2-3-4-7-22-18(27)17-15-16(6-10-21-17)19(28)25-11-13-26(14-12-25)20-23-8-5-9-24-20/h5-6,8-10,15H,2-4,7,11-14H2,1H3,(H,22,27). The summed E-state index contributed by atoms with van der Waals surface area (Å²) in [5.41, 5.74) is 0.761. The number of amides is 2. The Bertz CT molecular complexity index is 790. The van der Waals surface area contributed by atoms with Gasteiger partial charge in [-0.2, -0.15) is 0 Å². The molecule has 0 saturated carbocycles.